The fourth-order valence-electron chi connectivity index (χ4n) is 2.05. The van der Waals surface area contributed by atoms with Crippen LogP contribution in [0, 0.1) is 0 Å². The molecule has 0 saturated carbocycles. The van der Waals surface area contributed by atoms with Crippen molar-refractivity contribution in [3.63, 3.8) is 0 Å². The molecule has 0 fully saturated rings. The van der Waals surface area contributed by atoms with Gasteiger partial charge < -0.3 is 0 Å². The Labute approximate surface area is 129 Å². The third kappa shape index (κ3) is 2.47. The van der Waals surface area contributed by atoms with E-state index in [4.69, 9.17) is 11.6 Å². The molecule has 0 spiro atoms. The number of hydrogen-bond donors (Lipinski definition) is 0. The van der Waals surface area contributed by atoms with E-state index in [1.54, 1.807) is 30.5 Å². The van der Waals surface area contributed by atoms with Crippen molar-refractivity contribution >= 4 is 44.2 Å². The molecule has 20 heavy (non-hydrogen) atoms. The van der Waals surface area contributed by atoms with Crippen molar-refractivity contribution in [3.05, 3.63) is 75.4 Å². The normalized spacial score (nSPS) is 10.7. The van der Waals surface area contributed by atoms with Gasteiger partial charge in [-0.2, -0.15) is 0 Å². The maximum atomic E-state index is 12.5. The van der Waals surface area contributed by atoms with Crippen molar-refractivity contribution in [1.29, 1.82) is 0 Å². The maximum Gasteiger partial charge on any atom is 0.194 e. The smallest absolute Gasteiger partial charge is 0.194 e. The number of carbonyl (C=O) groups is 1. The minimum absolute atomic E-state index is 0.0423. The SMILES string of the molecule is O=C(c1ccc2ncccc2c1)c1ccc(Cl)cc1Br. The van der Waals surface area contributed by atoms with Gasteiger partial charge in [0.2, 0.25) is 0 Å². The summed E-state index contributed by atoms with van der Waals surface area (Å²) >= 11 is 9.27. The largest absolute Gasteiger partial charge is 0.289 e. The minimum atomic E-state index is -0.0423. The van der Waals surface area contributed by atoms with E-state index in [1.807, 2.05) is 24.3 Å². The van der Waals surface area contributed by atoms with Crippen molar-refractivity contribution in [3.8, 4) is 0 Å². The van der Waals surface area contributed by atoms with Gasteiger partial charge in [-0.05, 0) is 58.4 Å². The molecule has 0 radical (unpaired) electrons. The third-order valence-electron chi connectivity index (χ3n) is 3.04. The van der Waals surface area contributed by atoms with Crippen LogP contribution >= 0.6 is 27.5 Å². The average molecular weight is 347 g/mol. The van der Waals surface area contributed by atoms with Crippen molar-refractivity contribution in [2.24, 2.45) is 0 Å². The molecule has 0 aliphatic carbocycles. The number of nitrogens with zero attached hydrogens (tertiary/aromatic N) is 1. The number of halogens is 2. The Hall–Kier alpha value is -1.71. The number of pyridine rings is 1. The Morgan fingerprint density at radius 2 is 1.95 bits per heavy atom. The molecule has 1 heterocycles. The lowest BCUT2D eigenvalue weighted by molar-refractivity contribution is 0.103. The summed E-state index contributed by atoms with van der Waals surface area (Å²) in [4.78, 5) is 16.8. The van der Waals surface area contributed by atoms with E-state index in [-0.39, 0.29) is 5.78 Å². The molecule has 3 aromatic rings. The standard InChI is InChI=1S/C16H9BrClNO/c17-14-9-12(18)4-5-13(14)16(20)11-3-6-15-10(8-11)2-1-7-19-15/h1-9H. The molecule has 0 saturated heterocycles. The number of carbonyl (C=O) groups excluding carboxylic acids is 1. The van der Waals surface area contributed by atoms with Crippen LogP contribution in [0.3, 0.4) is 0 Å². The highest BCUT2D eigenvalue weighted by atomic mass is 79.9. The van der Waals surface area contributed by atoms with Gasteiger partial charge in [0, 0.05) is 32.2 Å². The van der Waals surface area contributed by atoms with Crippen LogP contribution in [-0.4, -0.2) is 10.8 Å². The molecule has 0 N–H and O–H groups in total. The van der Waals surface area contributed by atoms with E-state index in [2.05, 4.69) is 20.9 Å². The summed E-state index contributed by atoms with van der Waals surface area (Å²) in [6, 6.07) is 14.4. The highest BCUT2D eigenvalue weighted by molar-refractivity contribution is 9.10. The molecular weight excluding hydrogens is 338 g/mol. The molecule has 0 aliphatic rings. The van der Waals surface area contributed by atoms with E-state index in [9.17, 15) is 4.79 Å². The number of ketones is 1. The van der Waals surface area contributed by atoms with Gasteiger partial charge in [0.05, 0.1) is 5.52 Å². The molecule has 0 amide bonds. The monoisotopic (exact) mass is 345 g/mol. The van der Waals surface area contributed by atoms with Gasteiger partial charge in [-0.25, -0.2) is 0 Å². The average Bonchev–Trinajstić information content (AvgIpc) is 2.46. The van der Waals surface area contributed by atoms with Crippen LogP contribution in [-0.2, 0) is 0 Å². The Balaban J connectivity index is 2.08. The minimum Gasteiger partial charge on any atom is -0.289 e. The van der Waals surface area contributed by atoms with Gasteiger partial charge in [-0.3, -0.25) is 9.78 Å². The molecular formula is C16H9BrClNO. The molecule has 0 atom stereocenters. The number of benzene rings is 2. The maximum absolute atomic E-state index is 12.5. The van der Waals surface area contributed by atoms with Gasteiger partial charge in [0.1, 0.15) is 0 Å². The van der Waals surface area contributed by atoms with E-state index in [1.165, 1.54) is 0 Å². The predicted molar refractivity (Wildman–Crippen MR) is 84.3 cm³/mol. The van der Waals surface area contributed by atoms with Crippen LogP contribution in [0.4, 0.5) is 0 Å². The first-order chi connectivity index (χ1) is 9.65. The Bertz CT molecular complexity index is 816. The van der Waals surface area contributed by atoms with Crippen LogP contribution in [0.5, 0.6) is 0 Å². The lowest BCUT2D eigenvalue weighted by Gasteiger charge is -2.05. The second-order valence-corrected chi connectivity index (χ2v) is 5.65. The fraction of sp³-hybridized carbons (Fsp3) is 0. The molecule has 0 aliphatic heterocycles. The Kier molecular flexibility index (Phi) is 3.55. The highest BCUT2D eigenvalue weighted by Crippen LogP contribution is 2.25. The predicted octanol–water partition coefficient (Wildman–Crippen LogP) is 4.88. The molecule has 2 aromatic carbocycles. The van der Waals surface area contributed by atoms with Gasteiger partial charge in [-0.1, -0.05) is 17.7 Å². The first-order valence-electron chi connectivity index (χ1n) is 6.00. The van der Waals surface area contributed by atoms with Crippen LogP contribution < -0.4 is 0 Å². The summed E-state index contributed by atoms with van der Waals surface area (Å²) in [5.41, 5.74) is 2.10. The van der Waals surface area contributed by atoms with Crippen LogP contribution in [0.15, 0.2) is 59.2 Å². The first-order valence-corrected chi connectivity index (χ1v) is 7.17. The Morgan fingerprint density at radius 3 is 2.75 bits per heavy atom. The zero-order valence-electron chi connectivity index (χ0n) is 10.3. The van der Waals surface area contributed by atoms with E-state index in [0.29, 0.717) is 20.6 Å². The summed E-state index contributed by atoms with van der Waals surface area (Å²) < 4.78 is 0.696. The first kappa shape index (κ1) is 13.3. The molecule has 4 heteroatoms. The van der Waals surface area contributed by atoms with Crippen LogP contribution in [0.25, 0.3) is 10.9 Å². The van der Waals surface area contributed by atoms with E-state index in [0.717, 1.165) is 10.9 Å². The van der Waals surface area contributed by atoms with Gasteiger partial charge in [0.25, 0.3) is 0 Å². The quantitative estimate of drug-likeness (QED) is 0.619. The molecule has 0 unspecified atom stereocenters. The lowest BCUT2D eigenvalue weighted by atomic mass is 10.0. The third-order valence-corrected chi connectivity index (χ3v) is 3.93. The lowest BCUT2D eigenvalue weighted by Crippen LogP contribution is -2.02. The zero-order valence-corrected chi connectivity index (χ0v) is 12.6. The van der Waals surface area contributed by atoms with Gasteiger partial charge >= 0.3 is 0 Å². The van der Waals surface area contributed by atoms with Crippen molar-refractivity contribution in [1.82, 2.24) is 4.98 Å². The number of aromatic nitrogens is 1. The molecule has 1 aromatic heterocycles. The van der Waals surface area contributed by atoms with E-state index < -0.39 is 0 Å². The summed E-state index contributed by atoms with van der Waals surface area (Å²) in [5, 5.41) is 1.54. The Morgan fingerprint density at radius 1 is 1.10 bits per heavy atom. The highest BCUT2D eigenvalue weighted by Gasteiger charge is 2.13. The topological polar surface area (TPSA) is 30.0 Å². The van der Waals surface area contributed by atoms with Gasteiger partial charge in [-0.15, -0.1) is 0 Å². The molecule has 98 valence electrons. The van der Waals surface area contributed by atoms with Crippen molar-refractivity contribution in [2.45, 2.75) is 0 Å². The zero-order chi connectivity index (χ0) is 14.1. The summed E-state index contributed by atoms with van der Waals surface area (Å²) in [6.45, 7) is 0. The second-order valence-electron chi connectivity index (χ2n) is 4.36. The van der Waals surface area contributed by atoms with E-state index >= 15 is 0 Å². The summed E-state index contributed by atoms with van der Waals surface area (Å²) in [6.07, 6.45) is 1.74. The number of rotatable bonds is 2. The van der Waals surface area contributed by atoms with Crippen LogP contribution in [0.2, 0.25) is 5.02 Å². The number of hydrogen-bond acceptors (Lipinski definition) is 2. The van der Waals surface area contributed by atoms with Crippen LogP contribution in [0.1, 0.15) is 15.9 Å². The summed E-state index contributed by atoms with van der Waals surface area (Å²) in [7, 11) is 0. The van der Waals surface area contributed by atoms with Crippen molar-refractivity contribution in [2.75, 3.05) is 0 Å². The molecule has 3 rings (SSSR count). The molecule has 2 nitrogen and oxygen atoms in total. The second kappa shape index (κ2) is 5.35. The molecule has 0 bridgehead atoms. The summed E-state index contributed by atoms with van der Waals surface area (Å²) in [5.74, 6) is -0.0423. The number of fused-ring (bicyclic) bond motifs is 1. The van der Waals surface area contributed by atoms with Crippen molar-refractivity contribution < 1.29 is 4.79 Å². The van der Waals surface area contributed by atoms with Gasteiger partial charge in [0.15, 0.2) is 5.78 Å². The fourth-order valence-corrected chi connectivity index (χ4v) is 2.91.